The average molecular weight is 350 g/mol. The van der Waals surface area contributed by atoms with Crippen LogP contribution >= 0.6 is 0 Å². The van der Waals surface area contributed by atoms with Crippen LogP contribution in [0.3, 0.4) is 0 Å². The number of hydrogen-bond donors (Lipinski definition) is 2. The van der Waals surface area contributed by atoms with Gasteiger partial charge in [-0.25, -0.2) is 0 Å². The molecule has 0 saturated carbocycles. The molecule has 6 nitrogen and oxygen atoms in total. The highest BCUT2D eigenvalue weighted by molar-refractivity contribution is 5.75. The van der Waals surface area contributed by atoms with Crippen LogP contribution in [0.25, 0.3) is 0 Å². The highest BCUT2D eigenvalue weighted by atomic mass is 16.5. The van der Waals surface area contributed by atoms with Crippen molar-refractivity contribution in [1.82, 2.24) is 10.2 Å². The lowest BCUT2D eigenvalue weighted by Gasteiger charge is -2.31. The first-order valence-corrected chi connectivity index (χ1v) is 9.52. The van der Waals surface area contributed by atoms with Crippen molar-refractivity contribution in [2.45, 2.75) is 57.8 Å². The standard InChI is InChI=1S/C19H30N2O4/c22-14-18-5-4-17(25-18)13-21-9-7-15(8-10-21)3-6-19(23)20-12-16-2-1-11-24-16/h4-5,15-16,22H,1-3,6-14H2,(H,20,23). The number of nitrogens with zero attached hydrogens (tertiary/aromatic N) is 1. The maximum absolute atomic E-state index is 12.0. The zero-order valence-electron chi connectivity index (χ0n) is 14.9. The van der Waals surface area contributed by atoms with Crippen molar-refractivity contribution < 1.29 is 19.1 Å². The molecule has 1 atom stereocenters. The third-order valence-electron chi connectivity index (χ3n) is 5.29. The lowest BCUT2D eigenvalue weighted by Crippen LogP contribution is -2.34. The zero-order valence-corrected chi connectivity index (χ0v) is 14.9. The summed E-state index contributed by atoms with van der Waals surface area (Å²) in [6.45, 7) is 4.33. The predicted molar refractivity (Wildman–Crippen MR) is 93.8 cm³/mol. The van der Waals surface area contributed by atoms with E-state index in [2.05, 4.69) is 10.2 Å². The Labute approximate surface area is 149 Å². The number of likely N-dealkylation sites (tertiary alicyclic amines) is 1. The summed E-state index contributed by atoms with van der Waals surface area (Å²) in [6, 6.07) is 3.77. The smallest absolute Gasteiger partial charge is 0.220 e. The minimum absolute atomic E-state index is 0.0446. The summed E-state index contributed by atoms with van der Waals surface area (Å²) in [5.74, 6) is 2.33. The van der Waals surface area contributed by atoms with Crippen molar-refractivity contribution in [3.63, 3.8) is 0 Å². The Kier molecular flexibility index (Phi) is 6.90. The molecule has 0 bridgehead atoms. The maximum Gasteiger partial charge on any atom is 0.220 e. The van der Waals surface area contributed by atoms with Crippen LogP contribution < -0.4 is 5.32 Å². The van der Waals surface area contributed by atoms with E-state index in [0.29, 0.717) is 24.6 Å². The van der Waals surface area contributed by atoms with Crippen LogP contribution in [0.15, 0.2) is 16.5 Å². The lowest BCUT2D eigenvalue weighted by atomic mass is 9.92. The normalized spacial score (nSPS) is 22.4. The van der Waals surface area contributed by atoms with Crippen LogP contribution in [0.2, 0.25) is 0 Å². The second kappa shape index (κ2) is 9.36. The first-order valence-electron chi connectivity index (χ1n) is 9.52. The Morgan fingerprint density at radius 1 is 1.24 bits per heavy atom. The number of amides is 1. The molecule has 6 heteroatoms. The van der Waals surface area contributed by atoms with E-state index >= 15 is 0 Å². The highest BCUT2D eigenvalue weighted by Crippen LogP contribution is 2.23. The molecule has 2 N–H and O–H groups in total. The summed E-state index contributed by atoms with van der Waals surface area (Å²) in [5, 5.41) is 12.1. The molecule has 2 fully saturated rings. The minimum atomic E-state index is -0.0446. The molecule has 3 rings (SSSR count). The van der Waals surface area contributed by atoms with Gasteiger partial charge in [0.05, 0.1) is 12.6 Å². The summed E-state index contributed by atoms with van der Waals surface area (Å²) < 4.78 is 11.1. The number of aliphatic hydroxyl groups excluding tert-OH is 1. The maximum atomic E-state index is 12.0. The fourth-order valence-electron chi connectivity index (χ4n) is 3.70. The van der Waals surface area contributed by atoms with Gasteiger partial charge in [0.15, 0.2) is 0 Å². The molecule has 1 unspecified atom stereocenters. The third kappa shape index (κ3) is 5.83. The summed E-state index contributed by atoms with van der Waals surface area (Å²) in [5.41, 5.74) is 0. The van der Waals surface area contributed by atoms with Crippen molar-refractivity contribution in [3.8, 4) is 0 Å². The number of ether oxygens (including phenoxy) is 1. The van der Waals surface area contributed by atoms with Gasteiger partial charge in [-0.15, -0.1) is 0 Å². The second-order valence-corrected chi connectivity index (χ2v) is 7.22. The molecule has 0 aromatic carbocycles. The fraction of sp³-hybridized carbons (Fsp3) is 0.737. The molecule has 0 radical (unpaired) electrons. The van der Waals surface area contributed by atoms with E-state index in [4.69, 9.17) is 14.3 Å². The van der Waals surface area contributed by atoms with Gasteiger partial charge >= 0.3 is 0 Å². The molecule has 1 aromatic heterocycles. The summed E-state index contributed by atoms with van der Waals surface area (Å²) in [7, 11) is 0. The average Bonchev–Trinajstić information content (AvgIpc) is 3.31. The molecule has 2 aliphatic rings. The highest BCUT2D eigenvalue weighted by Gasteiger charge is 2.21. The van der Waals surface area contributed by atoms with E-state index in [-0.39, 0.29) is 18.6 Å². The number of aliphatic hydroxyl groups is 1. The van der Waals surface area contributed by atoms with Crippen molar-refractivity contribution in [3.05, 3.63) is 23.7 Å². The lowest BCUT2D eigenvalue weighted by molar-refractivity contribution is -0.122. The van der Waals surface area contributed by atoms with Gasteiger partial charge in [-0.05, 0) is 63.2 Å². The van der Waals surface area contributed by atoms with Gasteiger partial charge < -0.3 is 19.6 Å². The van der Waals surface area contributed by atoms with Crippen LogP contribution in [0.4, 0.5) is 0 Å². The SMILES string of the molecule is O=C(CCC1CCN(Cc2ccc(CO)o2)CC1)NCC1CCCO1. The predicted octanol–water partition coefficient (Wildman–Crippen LogP) is 2.06. The first kappa shape index (κ1) is 18.4. The van der Waals surface area contributed by atoms with E-state index in [1.807, 2.05) is 12.1 Å². The largest absolute Gasteiger partial charge is 0.462 e. The van der Waals surface area contributed by atoms with Crippen LogP contribution in [0.1, 0.15) is 50.0 Å². The van der Waals surface area contributed by atoms with Gasteiger partial charge in [-0.3, -0.25) is 9.69 Å². The summed E-state index contributed by atoms with van der Waals surface area (Å²) in [6.07, 6.45) is 6.25. The van der Waals surface area contributed by atoms with Gasteiger partial charge in [-0.2, -0.15) is 0 Å². The number of carbonyl (C=O) groups excluding carboxylic acids is 1. The number of hydrogen-bond acceptors (Lipinski definition) is 5. The number of furan rings is 1. The molecular formula is C19H30N2O4. The molecule has 2 aliphatic heterocycles. The van der Waals surface area contributed by atoms with Crippen LogP contribution in [-0.2, 0) is 22.7 Å². The molecular weight excluding hydrogens is 320 g/mol. The zero-order chi connectivity index (χ0) is 17.5. The van der Waals surface area contributed by atoms with Gasteiger partial charge in [-0.1, -0.05) is 0 Å². The molecule has 2 saturated heterocycles. The Hall–Kier alpha value is -1.37. The Balaban J connectivity index is 1.28. The van der Waals surface area contributed by atoms with Crippen molar-refractivity contribution >= 4 is 5.91 Å². The van der Waals surface area contributed by atoms with Crippen LogP contribution in [-0.4, -0.2) is 48.3 Å². The van der Waals surface area contributed by atoms with E-state index in [1.54, 1.807) is 0 Å². The van der Waals surface area contributed by atoms with Crippen molar-refractivity contribution in [2.75, 3.05) is 26.2 Å². The third-order valence-corrected chi connectivity index (χ3v) is 5.29. The number of rotatable bonds is 8. The van der Waals surface area contributed by atoms with Crippen LogP contribution in [0, 0.1) is 5.92 Å². The first-order chi connectivity index (χ1) is 12.2. The number of piperidine rings is 1. The summed E-state index contributed by atoms with van der Waals surface area (Å²) >= 11 is 0. The molecule has 0 aliphatic carbocycles. The molecule has 140 valence electrons. The van der Waals surface area contributed by atoms with Gasteiger partial charge in [0.1, 0.15) is 18.1 Å². The second-order valence-electron chi connectivity index (χ2n) is 7.22. The molecule has 1 aromatic rings. The summed E-state index contributed by atoms with van der Waals surface area (Å²) in [4.78, 5) is 14.4. The van der Waals surface area contributed by atoms with E-state index in [1.165, 1.54) is 0 Å². The van der Waals surface area contributed by atoms with Gasteiger partial charge in [0.25, 0.3) is 0 Å². The van der Waals surface area contributed by atoms with E-state index in [9.17, 15) is 4.79 Å². The van der Waals surface area contributed by atoms with Crippen LogP contribution in [0.5, 0.6) is 0 Å². The van der Waals surface area contributed by atoms with Gasteiger partial charge in [0, 0.05) is 19.6 Å². The molecule has 25 heavy (non-hydrogen) atoms. The topological polar surface area (TPSA) is 74.9 Å². The Morgan fingerprint density at radius 3 is 2.72 bits per heavy atom. The van der Waals surface area contributed by atoms with E-state index in [0.717, 1.165) is 64.1 Å². The minimum Gasteiger partial charge on any atom is -0.462 e. The monoisotopic (exact) mass is 350 g/mol. The van der Waals surface area contributed by atoms with Crippen molar-refractivity contribution in [1.29, 1.82) is 0 Å². The van der Waals surface area contributed by atoms with Gasteiger partial charge in [0.2, 0.25) is 5.91 Å². The number of carbonyl (C=O) groups is 1. The molecule has 3 heterocycles. The number of nitrogens with one attached hydrogen (secondary N) is 1. The van der Waals surface area contributed by atoms with Crippen molar-refractivity contribution in [2.24, 2.45) is 5.92 Å². The Morgan fingerprint density at radius 2 is 2.04 bits per heavy atom. The van der Waals surface area contributed by atoms with E-state index < -0.39 is 0 Å². The molecule has 1 amide bonds. The Bertz CT molecular complexity index is 531. The molecule has 0 spiro atoms. The quantitative estimate of drug-likeness (QED) is 0.751. The fourth-order valence-corrected chi connectivity index (χ4v) is 3.70.